The number of rotatable bonds is 10. The summed E-state index contributed by atoms with van der Waals surface area (Å²) in [6.07, 6.45) is 9.17. The number of nitriles is 1. The lowest BCUT2D eigenvalue weighted by atomic mass is 9.60. The number of nitrogens with one attached hydrogen (secondary N) is 2. The molecule has 1 saturated carbocycles. The molecule has 2 N–H and O–H groups in total. The summed E-state index contributed by atoms with van der Waals surface area (Å²) in [5.41, 5.74) is 1.89. The molecule has 0 amide bonds. The molecule has 40 heavy (non-hydrogen) atoms. The number of piperidine rings is 1. The van der Waals surface area contributed by atoms with E-state index in [1.54, 1.807) is 19.2 Å². The van der Waals surface area contributed by atoms with Crippen LogP contribution in [-0.2, 0) is 15.3 Å². The van der Waals surface area contributed by atoms with E-state index in [1.807, 2.05) is 12.1 Å². The predicted molar refractivity (Wildman–Crippen MR) is 160 cm³/mol. The average molecular weight is 560 g/mol. The van der Waals surface area contributed by atoms with Crippen molar-refractivity contribution in [2.24, 2.45) is 17.8 Å². The van der Waals surface area contributed by atoms with Crippen molar-refractivity contribution in [3.8, 4) is 6.07 Å². The van der Waals surface area contributed by atoms with Crippen LogP contribution in [0.2, 0.25) is 0 Å². The van der Waals surface area contributed by atoms with Crippen LogP contribution in [0.1, 0.15) is 44.1 Å². The maximum Gasteiger partial charge on any atom is 0.209 e. The van der Waals surface area contributed by atoms with Gasteiger partial charge in [0, 0.05) is 50.7 Å². The largest absolute Gasteiger partial charge is 0.393 e. The summed E-state index contributed by atoms with van der Waals surface area (Å²) >= 11 is 0. The Kier molecular flexibility index (Phi) is 8.62. The average Bonchev–Trinajstić information content (AvgIpc) is 3.51. The van der Waals surface area contributed by atoms with Crippen molar-refractivity contribution in [1.82, 2.24) is 10.2 Å². The van der Waals surface area contributed by atoms with E-state index in [4.69, 9.17) is 5.41 Å². The van der Waals surface area contributed by atoms with E-state index in [-0.39, 0.29) is 15.2 Å². The van der Waals surface area contributed by atoms with Gasteiger partial charge in [-0.1, -0.05) is 43.2 Å². The lowest BCUT2D eigenvalue weighted by Crippen LogP contribution is -2.53. The first kappa shape index (κ1) is 28.4. The fourth-order valence-corrected chi connectivity index (χ4v) is 8.49. The van der Waals surface area contributed by atoms with Gasteiger partial charge < -0.3 is 20.5 Å². The zero-order valence-corrected chi connectivity index (χ0v) is 24.2. The van der Waals surface area contributed by atoms with E-state index < -0.39 is 9.84 Å². The smallest absolute Gasteiger partial charge is 0.209 e. The topological polar surface area (TPSA) is 100 Å². The first-order chi connectivity index (χ1) is 19.4. The van der Waals surface area contributed by atoms with Crippen LogP contribution in [0.5, 0.6) is 0 Å². The normalized spacial score (nSPS) is 21.4. The van der Waals surface area contributed by atoms with Gasteiger partial charge in [-0.25, -0.2) is 8.42 Å². The molecule has 2 aromatic rings. The zero-order chi connectivity index (χ0) is 28.2. The number of hydrogen-bond donors (Lipinski definition) is 2. The van der Waals surface area contributed by atoms with Crippen molar-refractivity contribution >= 4 is 21.7 Å². The lowest BCUT2D eigenvalue weighted by Gasteiger charge is -2.47. The number of nitrogens with zero attached hydrogens (tertiary/aromatic N) is 3. The number of benzene rings is 2. The van der Waals surface area contributed by atoms with Crippen LogP contribution >= 0.6 is 0 Å². The summed E-state index contributed by atoms with van der Waals surface area (Å²) in [4.78, 5) is 5.02. The van der Waals surface area contributed by atoms with Crippen LogP contribution in [-0.4, -0.2) is 59.3 Å². The Morgan fingerprint density at radius 2 is 1.65 bits per heavy atom. The quantitative estimate of drug-likeness (QED) is 0.399. The van der Waals surface area contributed by atoms with Crippen molar-refractivity contribution in [3.05, 3.63) is 71.3 Å². The molecular weight excluding hydrogens is 518 g/mol. The molecular formula is C32H41N5O2S. The summed E-state index contributed by atoms with van der Waals surface area (Å²) in [6.45, 7) is 5.09. The van der Waals surface area contributed by atoms with Gasteiger partial charge in [-0.05, 0) is 80.4 Å². The maximum absolute atomic E-state index is 12.8. The van der Waals surface area contributed by atoms with Crippen LogP contribution in [0, 0.1) is 34.5 Å². The molecule has 1 unspecified atom stereocenters. The monoisotopic (exact) mass is 559 g/mol. The Labute approximate surface area is 239 Å². The van der Waals surface area contributed by atoms with Crippen molar-refractivity contribution < 1.29 is 8.42 Å². The Bertz CT molecular complexity index is 1330. The standard InChI is InChI=1S/C32H41N5O2S/c1-35-20-31(19-33)40(38,39)30-13-11-29(12-14-30)37-22-25(23-37)21-36-17-15-28(16-18-36)32(24-34,27-9-5-6-10-27)26-7-3-2-4-8-26/h2-4,7-8,11-14,19-20,25,27-28,33,35H,5-6,9-10,15-18,21-23H2,1H3/b31-20+,33-19?. The second-order valence-corrected chi connectivity index (χ2v) is 13.6. The number of hydrogen-bond acceptors (Lipinski definition) is 7. The van der Waals surface area contributed by atoms with E-state index in [2.05, 4.69) is 51.5 Å². The van der Waals surface area contributed by atoms with E-state index in [9.17, 15) is 13.7 Å². The SMILES string of the molecule is CN/C=C(\C=N)S(=O)(=O)c1ccc(N2CC(CN3CCC(C(C#N)(c4ccccc4)C4CCCC4)CC3)C2)cc1. The third-order valence-corrected chi connectivity index (χ3v) is 11.1. The number of anilines is 1. The maximum atomic E-state index is 12.8. The Hall–Kier alpha value is -3.15. The van der Waals surface area contributed by atoms with E-state index in [1.165, 1.54) is 37.4 Å². The van der Waals surface area contributed by atoms with Crippen molar-refractivity contribution in [1.29, 1.82) is 10.7 Å². The van der Waals surface area contributed by atoms with Crippen molar-refractivity contribution in [3.63, 3.8) is 0 Å². The predicted octanol–water partition coefficient (Wildman–Crippen LogP) is 4.97. The summed E-state index contributed by atoms with van der Waals surface area (Å²) in [6, 6.07) is 20.5. The van der Waals surface area contributed by atoms with E-state index in [0.717, 1.165) is 57.5 Å². The van der Waals surface area contributed by atoms with E-state index >= 15 is 0 Å². The van der Waals surface area contributed by atoms with Gasteiger partial charge in [0.15, 0.2) is 0 Å². The van der Waals surface area contributed by atoms with E-state index in [0.29, 0.717) is 17.8 Å². The first-order valence-electron chi connectivity index (χ1n) is 14.6. The molecule has 212 valence electrons. The van der Waals surface area contributed by atoms with Gasteiger partial charge in [0.05, 0.1) is 16.4 Å². The molecule has 0 aromatic heterocycles. The van der Waals surface area contributed by atoms with Crippen molar-refractivity contribution in [2.45, 2.75) is 48.8 Å². The highest BCUT2D eigenvalue weighted by Crippen LogP contribution is 2.50. The van der Waals surface area contributed by atoms with Gasteiger partial charge in [-0.3, -0.25) is 0 Å². The Morgan fingerprint density at radius 3 is 2.23 bits per heavy atom. The second kappa shape index (κ2) is 12.2. The Morgan fingerprint density at radius 1 is 1.02 bits per heavy atom. The minimum absolute atomic E-state index is 0.0606. The molecule has 1 aliphatic carbocycles. The molecule has 2 aliphatic heterocycles. The number of sulfone groups is 1. The van der Waals surface area contributed by atoms with Gasteiger partial charge in [0.2, 0.25) is 9.84 Å². The van der Waals surface area contributed by atoms with Crippen LogP contribution in [0.3, 0.4) is 0 Å². The third kappa shape index (κ3) is 5.42. The minimum Gasteiger partial charge on any atom is -0.393 e. The highest BCUT2D eigenvalue weighted by molar-refractivity contribution is 7.96. The second-order valence-electron chi connectivity index (χ2n) is 11.7. The number of likely N-dealkylation sites (tertiary alicyclic amines) is 1. The molecule has 0 radical (unpaired) electrons. The highest BCUT2D eigenvalue weighted by Gasteiger charge is 2.48. The molecule has 8 heteroatoms. The molecule has 3 fully saturated rings. The highest BCUT2D eigenvalue weighted by atomic mass is 32.2. The third-order valence-electron chi connectivity index (χ3n) is 9.39. The van der Waals surface area contributed by atoms with Gasteiger partial charge in [-0.2, -0.15) is 5.26 Å². The van der Waals surface area contributed by atoms with Crippen LogP contribution in [0.25, 0.3) is 0 Å². The van der Waals surface area contributed by atoms with Crippen molar-refractivity contribution in [2.75, 3.05) is 44.7 Å². The van der Waals surface area contributed by atoms with Crippen LogP contribution < -0.4 is 10.2 Å². The summed E-state index contributed by atoms with van der Waals surface area (Å²) in [7, 11) is -2.09. The molecule has 1 atom stereocenters. The van der Waals surface area contributed by atoms with Gasteiger partial charge in [0.1, 0.15) is 4.91 Å². The van der Waals surface area contributed by atoms with Crippen LogP contribution in [0.4, 0.5) is 5.69 Å². The molecule has 5 rings (SSSR count). The lowest BCUT2D eigenvalue weighted by molar-refractivity contribution is 0.103. The molecule has 2 heterocycles. The summed E-state index contributed by atoms with van der Waals surface area (Å²) in [5.74, 6) is 1.46. The zero-order valence-electron chi connectivity index (χ0n) is 23.4. The molecule has 2 aromatic carbocycles. The molecule has 2 saturated heterocycles. The van der Waals surface area contributed by atoms with Gasteiger partial charge in [-0.15, -0.1) is 0 Å². The summed E-state index contributed by atoms with van der Waals surface area (Å²) in [5, 5.41) is 20.8. The molecule has 7 nitrogen and oxygen atoms in total. The molecule has 3 aliphatic rings. The van der Waals surface area contributed by atoms with Gasteiger partial charge >= 0.3 is 0 Å². The molecule has 0 bridgehead atoms. The first-order valence-corrected chi connectivity index (χ1v) is 16.1. The number of allylic oxidation sites excluding steroid dienone is 1. The Balaban J connectivity index is 1.16. The van der Waals surface area contributed by atoms with Crippen LogP contribution in [0.15, 0.2) is 70.6 Å². The molecule has 0 spiro atoms. The fourth-order valence-electron chi connectivity index (χ4n) is 7.29. The fraction of sp³-hybridized carbons (Fsp3) is 0.500. The van der Waals surface area contributed by atoms with Gasteiger partial charge in [0.25, 0.3) is 0 Å². The minimum atomic E-state index is -3.70. The summed E-state index contributed by atoms with van der Waals surface area (Å²) < 4.78 is 25.5.